The number of ketones is 2. The molecule has 0 spiro atoms. The summed E-state index contributed by atoms with van der Waals surface area (Å²) in [6, 6.07) is 11.0. The monoisotopic (exact) mass is 1770 g/mol. The van der Waals surface area contributed by atoms with E-state index in [1.165, 1.54) is 16.8 Å². The summed E-state index contributed by atoms with van der Waals surface area (Å²) in [5.74, 6) is -0.779. The molecule has 11 atom stereocenters. The van der Waals surface area contributed by atoms with Gasteiger partial charge >= 0.3 is 5.97 Å². The summed E-state index contributed by atoms with van der Waals surface area (Å²) in [6.07, 6.45) is 26.6. The summed E-state index contributed by atoms with van der Waals surface area (Å²) in [5.41, 5.74) is 21.6. The molecule has 2 unspecified atom stereocenters. The highest BCUT2D eigenvalue weighted by Gasteiger charge is 2.44. The van der Waals surface area contributed by atoms with Crippen LogP contribution in [0, 0.1) is 29.6 Å². The molecule has 2 bridgehead atoms. The molecule has 0 radical (unpaired) electrons. The van der Waals surface area contributed by atoms with Crippen LogP contribution < -0.4 is 26.6 Å². The number of aromatic nitrogens is 9. The fourth-order valence-corrected chi connectivity index (χ4v) is 19.1. The largest absolute Gasteiger partial charge is 0.468 e. The van der Waals surface area contributed by atoms with Crippen molar-refractivity contribution in [2.24, 2.45) is 29.6 Å². The van der Waals surface area contributed by atoms with Crippen LogP contribution in [0.5, 0.6) is 0 Å². The molecule has 7 aliphatic rings. The molecule has 1 aliphatic carbocycles. The van der Waals surface area contributed by atoms with Gasteiger partial charge in [-0.3, -0.25) is 28.9 Å². The first kappa shape index (κ1) is 93.6. The first-order chi connectivity index (χ1) is 61.9. The number of ether oxygens (including phenoxy) is 6. The van der Waals surface area contributed by atoms with Gasteiger partial charge in [0.15, 0.2) is 11.2 Å². The lowest BCUT2D eigenvalue weighted by Crippen LogP contribution is -2.55. The number of anilines is 4. The summed E-state index contributed by atoms with van der Waals surface area (Å²) in [7, 11) is 3.28. The lowest BCUT2D eigenvalue weighted by atomic mass is 9.83. The van der Waals surface area contributed by atoms with Gasteiger partial charge in [0.1, 0.15) is 53.5 Å². The van der Waals surface area contributed by atoms with E-state index in [1.807, 2.05) is 91.6 Å². The molecule has 5 fully saturated rings. The zero-order chi connectivity index (χ0) is 90.1. The van der Waals surface area contributed by atoms with Crippen molar-refractivity contribution in [3.63, 3.8) is 0 Å². The number of piperazine rings is 2. The number of benzene rings is 2. The summed E-state index contributed by atoms with van der Waals surface area (Å²) >= 11 is 5.72. The Morgan fingerprint density at radius 2 is 1.48 bits per heavy atom. The van der Waals surface area contributed by atoms with E-state index in [0.29, 0.717) is 204 Å². The molecular formula is C95H126N18O14S. The van der Waals surface area contributed by atoms with E-state index in [9.17, 15) is 33.9 Å². The van der Waals surface area contributed by atoms with Crippen LogP contribution in [-0.2, 0) is 78.4 Å². The van der Waals surface area contributed by atoms with Gasteiger partial charge in [0.2, 0.25) is 23.6 Å². The number of nitrogens with zero attached hydrogens (tertiary/aromatic N) is 15. The zero-order valence-corrected chi connectivity index (χ0v) is 76.0. The van der Waals surface area contributed by atoms with Gasteiger partial charge in [0, 0.05) is 166 Å². The van der Waals surface area contributed by atoms with Crippen molar-refractivity contribution < 1.29 is 66.7 Å². The minimum absolute atomic E-state index is 0.0119. The minimum atomic E-state index is -0.985. The lowest BCUT2D eigenvalue weighted by molar-refractivity contribution is -0.169. The average molecular weight is 1780 g/mol. The summed E-state index contributed by atoms with van der Waals surface area (Å²) in [4.78, 5) is 128. The topological polar surface area (TPSA) is 383 Å². The first-order valence-electron chi connectivity index (χ1n) is 45.7. The average Bonchev–Trinajstić information content (AvgIpc) is 1.61. The third-order valence-electron chi connectivity index (χ3n) is 26.7. The van der Waals surface area contributed by atoms with Gasteiger partial charge in [-0.05, 0) is 173 Å². The van der Waals surface area contributed by atoms with Crippen LogP contribution in [0.1, 0.15) is 177 Å². The molecule has 14 rings (SSSR count). The number of esters is 1. The molecule has 1 saturated carbocycles. The molecule has 3 amide bonds. The molecule has 2 aromatic carbocycles. The first-order valence-corrected chi connectivity index (χ1v) is 46.2. The van der Waals surface area contributed by atoms with Crippen molar-refractivity contribution in [1.82, 2.24) is 69.6 Å². The number of fused-ring (bicyclic) bond motifs is 6. The summed E-state index contributed by atoms with van der Waals surface area (Å²) in [6.45, 7) is 20.8. The number of amides is 3. The van der Waals surface area contributed by atoms with Crippen LogP contribution in [0.15, 0.2) is 120 Å². The van der Waals surface area contributed by atoms with Crippen molar-refractivity contribution in [3.8, 4) is 11.3 Å². The normalized spacial score (nSPS) is 27.0. The molecule has 686 valence electrons. The Bertz CT molecular complexity index is 5130. The third-order valence-corrected chi connectivity index (χ3v) is 26.9. The van der Waals surface area contributed by atoms with E-state index >= 15 is 0 Å². The molecule has 33 heteroatoms. The molecule has 11 heterocycles. The number of aliphatic hydroxyl groups excluding tert-OH is 1. The zero-order valence-electron chi connectivity index (χ0n) is 75.2. The maximum atomic E-state index is 14.7. The number of allylic oxidation sites excluding steroid dienone is 5. The number of Topliss-reactive ketones (excluding diaryl/α,β-unsaturated/α-hetero) is 2. The number of piperidine rings is 1. The van der Waals surface area contributed by atoms with Gasteiger partial charge in [0.25, 0.3) is 23.0 Å². The number of cyclic esters (lactones) is 1. The predicted octanol–water partition coefficient (Wildman–Crippen LogP) is 10.7. The second-order valence-corrected chi connectivity index (χ2v) is 36.2. The molecule has 5 aromatic heterocycles. The number of thiocarbonyl (C=S) groups is 1. The molecule has 32 nitrogen and oxygen atoms in total. The summed E-state index contributed by atoms with van der Waals surface area (Å²) < 4.78 is 44.8. The van der Waals surface area contributed by atoms with E-state index < -0.39 is 48.1 Å². The van der Waals surface area contributed by atoms with Gasteiger partial charge in [-0.25, -0.2) is 39.4 Å². The van der Waals surface area contributed by atoms with Crippen molar-refractivity contribution in [2.45, 2.75) is 219 Å². The van der Waals surface area contributed by atoms with Crippen molar-refractivity contribution >= 4 is 98.5 Å². The van der Waals surface area contributed by atoms with Crippen LogP contribution in [0.3, 0.4) is 0 Å². The van der Waals surface area contributed by atoms with Crippen LogP contribution in [0.25, 0.3) is 33.4 Å². The number of carbonyl (C=O) groups excluding carboxylic acids is 6. The number of hydrogen-bond donors (Lipinski definition) is 4. The molecule has 4 saturated heterocycles. The highest BCUT2D eigenvalue weighted by atomic mass is 32.1. The number of nitrogens with one attached hydrogen (secondary N) is 1. The smallest absolute Gasteiger partial charge is 0.329 e. The Kier molecular flexibility index (Phi) is 32.3. The quantitative estimate of drug-likeness (QED) is 0.0181. The highest BCUT2D eigenvalue weighted by Crippen LogP contribution is 2.38. The fourth-order valence-electron chi connectivity index (χ4n) is 18.9. The molecule has 6 aliphatic heterocycles. The van der Waals surface area contributed by atoms with E-state index in [0.717, 1.165) is 92.7 Å². The van der Waals surface area contributed by atoms with Gasteiger partial charge in [-0.15, -0.1) is 0 Å². The number of hydrogen-bond acceptors (Lipinski definition) is 28. The lowest BCUT2D eigenvalue weighted by Gasteiger charge is -2.38. The van der Waals surface area contributed by atoms with Crippen LogP contribution in [0.4, 0.5) is 23.7 Å². The third kappa shape index (κ3) is 24.1. The van der Waals surface area contributed by atoms with Gasteiger partial charge in [-0.2, -0.15) is 10.1 Å². The van der Waals surface area contributed by atoms with Crippen molar-refractivity contribution in [1.29, 1.82) is 0 Å². The Labute approximate surface area is 754 Å². The van der Waals surface area contributed by atoms with Crippen LogP contribution in [-0.4, -0.2) is 258 Å². The SMILES string of the molecule is CO[C@H]1CC2CC[C@@H](C)C(O2)C(=O)C(=O)N2CCCC[C@H]2C(=O)O[C@H](CC[C@H]2CC[C@H](OC(=S)NCc3cnc(N4CCN(C(=O)CCOCCN5CCN(c6ncc(C(=O)N7CCc8cc(Cn9nc(-c%10ccc%11oc(N)nc%11c%10)c%10c(N)ncnc%109)ccc8C7)cn6)CC5)CC4)nc3)CC2)C[C@@H](OC)[C@H](C)/C=C(\C)[C@@H](O)CC(=O)[C@H](C)C[C@H](C)/C=C/C=C/C=C/1C. The van der Waals surface area contributed by atoms with Gasteiger partial charge in [-0.1, -0.05) is 82.4 Å². The van der Waals surface area contributed by atoms with Gasteiger partial charge in [0.05, 0.1) is 61.5 Å². The van der Waals surface area contributed by atoms with Crippen molar-refractivity contribution in [3.05, 3.63) is 143 Å². The number of methoxy groups -OCH3 is 2. The number of nitrogens with two attached hydrogens (primary N) is 2. The Morgan fingerprint density at radius 3 is 2.23 bits per heavy atom. The van der Waals surface area contributed by atoms with E-state index in [2.05, 4.69) is 86.1 Å². The standard InChI is InChI=1S/C95H126N18O14S/c1-59-14-10-9-11-15-60(2)80(121-7)48-73-24-17-61(3)86(124-73)85(117)90(119)112-31-13-12-16-76(112)91(120)125-74(49-81(122-8)64(6)45-63(5)78(115)50-77(114)62(4)44-59)27-21-65-19-25-72(26-20-65)126-95(128)102-53-67-51-98-93(99-52-67)110-39-37-108(38-40-110)82(116)30-42-123-43-41-107-33-35-109(36-34-107)94-100-54-71(55-101-94)89(118)111-32-29-68-46-66(18-22-70(68)57-111)56-113-88-83(87(96)103-58-104-88)84(106-113)69-23-28-79-75(47-69)105-92(97)127-79/h9-11,14-15,18,22-23,28,45-47,51-52,54-55,58-59,61-62,64-65,72-74,76,78,80-81,86,115H,12-13,16-17,19-21,24-27,29-44,48-50,53,56-57H2,1-8H3,(H2,97,105)(H,102,128)(H2,96,103,104)/b11-9+,14-10+,60-15+,63-45+/t59-,61-,62-,64-,65-,72-,73?,74-,76+,78+,80+,81-,86?/m1/s1. The van der Waals surface area contributed by atoms with E-state index in [4.69, 9.17) is 61.6 Å². The van der Waals surface area contributed by atoms with Gasteiger partial charge < -0.3 is 79.2 Å². The Hall–Kier alpha value is -10.6. The number of oxazole rings is 1. The molecular weight excluding hydrogens is 1650 g/mol. The van der Waals surface area contributed by atoms with Crippen molar-refractivity contribution in [2.75, 3.05) is 121 Å². The highest BCUT2D eigenvalue weighted by molar-refractivity contribution is 7.80. The molecule has 128 heavy (non-hydrogen) atoms. The van der Waals surface area contributed by atoms with E-state index in [1.54, 1.807) is 45.1 Å². The minimum Gasteiger partial charge on any atom is -0.468 e. The van der Waals surface area contributed by atoms with Crippen LogP contribution >= 0.6 is 12.2 Å². The Balaban J connectivity index is 0.480. The second-order valence-electron chi connectivity index (χ2n) is 35.9. The molecule has 6 N–H and O–H groups in total. The number of nitrogen functional groups attached to an aromatic ring is 2. The number of carbonyl (C=O) groups is 6. The second kappa shape index (κ2) is 44.2. The predicted molar refractivity (Wildman–Crippen MR) is 489 cm³/mol. The van der Waals surface area contributed by atoms with E-state index in [-0.39, 0.29) is 78.6 Å². The van der Waals surface area contributed by atoms with Crippen LogP contribution in [0.2, 0.25) is 0 Å². The Morgan fingerprint density at radius 1 is 0.727 bits per heavy atom. The summed E-state index contributed by atoms with van der Waals surface area (Å²) in [5, 5.41) is 20.6. The number of rotatable bonds is 20. The fraction of sp³-hybridized carbons (Fsp3) is 0.568. The molecule has 7 aromatic rings. The maximum Gasteiger partial charge on any atom is 0.329 e. The maximum absolute atomic E-state index is 14.7. The number of aliphatic hydroxyl groups is 1.